The fourth-order valence-corrected chi connectivity index (χ4v) is 3.84. The number of halogens is 2. The summed E-state index contributed by atoms with van der Waals surface area (Å²) in [7, 11) is 0. The highest BCUT2D eigenvalue weighted by Gasteiger charge is 2.37. The van der Waals surface area contributed by atoms with Crippen LogP contribution in [0.4, 0.5) is 0 Å². The number of hydrogen-bond donors (Lipinski definition) is 1. The van der Waals surface area contributed by atoms with E-state index in [4.69, 9.17) is 23.2 Å². The van der Waals surface area contributed by atoms with Crippen molar-refractivity contribution >= 4 is 46.4 Å². The van der Waals surface area contributed by atoms with Crippen LogP contribution in [0.3, 0.4) is 0 Å². The lowest BCUT2D eigenvalue weighted by Crippen LogP contribution is -2.30. The number of carbonyl (C=O) groups is 2. The van der Waals surface area contributed by atoms with Crippen molar-refractivity contribution in [3.05, 3.63) is 39.3 Å². The fraction of sp³-hybridized carbons (Fsp3) is 0.312. The van der Waals surface area contributed by atoms with Crippen LogP contribution in [-0.2, 0) is 4.79 Å². The SMILES string of the molecule is C[C@@H]1CN(C(=O)c2csc(-c3ccc(Cl)c(Cl)c3)n2)C[C@H]1C(=O)O. The maximum Gasteiger partial charge on any atom is 0.308 e. The molecule has 0 bridgehead atoms. The third-order valence-electron chi connectivity index (χ3n) is 4.11. The van der Waals surface area contributed by atoms with Crippen LogP contribution in [0.25, 0.3) is 10.6 Å². The summed E-state index contributed by atoms with van der Waals surface area (Å²) in [5.41, 5.74) is 1.10. The Morgan fingerprint density at radius 2 is 2.04 bits per heavy atom. The van der Waals surface area contributed by atoms with Gasteiger partial charge in [0.05, 0.1) is 16.0 Å². The van der Waals surface area contributed by atoms with Gasteiger partial charge in [0.1, 0.15) is 10.7 Å². The summed E-state index contributed by atoms with van der Waals surface area (Å²) in [6, 6.07) is 5.18. The van der Waals surface area contributed by atoms with Gasteiger partial charge in [-0.2, -0.15) is 0 Å². The molecule has 3 rings (SSSR count). The number of thiazole rings is 1. The molecule has 1 amide bonds. The maximum absolute atomic E-state index is 12.6. The van der Waals surface area contributed by atoms with Gasteiger partial charge < -0.3 is 10.0 Å². The molecule has 1 N–H and O–H groups in total. The van der Waals surface area contributed by atoms with E-state index in [2.05, 4.69) is 4.98 Å². The van der Waals surface area contributed by atoms with Crippen molar-refractivity contribution in [3.63, 3.8) is 0 Å². The predicted octanol–water partition coefficient (Wildman–Crippen LogP) is 3.91. The molecule has 126 valence electrons. The number of amides is 1. The normalized spacial score (nSPS) is 20.4. The Balaban J connectivity index is 1.79. The van der Waals surface area contributed by atoms with Gasteiger partial charge in [-0.25, -0.2) is 4.98 Å². The fourth-order valence-electron chi connectivity index (χ4n) is 2.75. The lowest BCUT2D eigenvalue weighted by atomic mass is 9.99. The number of aliphatic carboxylic acids is 1. The van der Waals surface area contributed by atoms with E-state index in [-0.39, 0.29) is 18.4 Å². The Hall–Kier alpha value is -1.63. The number of rotatable bonds is 3. The Kier molecular flexibility index (Phi) is 4.80. The molecule has 1 aromatic carbocycles. The molecule has 24 heavy (non-hydrogen) atoms. The Morgan fingerprint density at radius 1 is 1.29 bits per heavy atom. The monoisotopic (exact) mass is 384 g/mol. The van der Waals surface area contributed by atoms with E-state index < -0.39 is 11.9 Å². The van der Waals surface area contributed by atoms with Crippen molar-refractivity contribution in [2.45, 2.75) is 6.92 Å². The van der Waals surface area contributed by atoms with Crippen molar-refractivity contribution in [2.75, 3.05) is 13.1 Å². The van der Waals surface area contributed by atoms with Crippen LogP contribution in [0.15, 0.2) is 23.6 Å². The van der Waals surface area contributed by atoms with Crippen LogP contribution in [-0.4, -0.2) is 40.0 Å². The molecule has 0 saturated carbocycles. The number of aromatic nitrogens is 1. The maximum atomic E-state index is 12.6. The molecule has 5 nitrogen and oxygen atoms in total. The topological polar surface area (TPSA) is 70.5 Å². The Bertz CT molecular complexity index is 808. The first-order valence-corrected chi connectivity index (χ1v) is 8.93. The molecule has 0 aliphatic carbocycles. The molecule has 0 unspecified atom stereocenters. The lowest BCUT2D eigenvalue weighted by Gasteiger charge is -2.13. The summed E-state index contributed by atoms with van der Waals surface area (Å²) >= 11 is 13.3. The molecule has 1 fully saturated rings. The molecule has 1 aromatic heterocycles. The van der Waals surface area contributed by atoms with Gasteiger partial charge in [-0.3, -0.25) is 9.59 Å². The Morgan fingerprint density at radius 3 is 2.67 bits per heavy atom. The molecule has 2 heterocycles. The van der Waals surface area contributed by atoms with Crippen LogP contribution in [0.5, 0.6) is 0 Å². The van der Waals surface area contributed by atoms with Gasteiger partial charge in [0.15, 0.2) is 0 Å². The number of carbonyl (C=O) groups excluding carboxylic acids is 1. The van der Waals surface area contributed by atoms with Gasteiger partial charge >= 0.3 is 5.97 Å². The first kappa shape index (κ1) is 17.2. The van der Waals surface area contributed by atoms with E-state index in [1.807, 2.05) is 6.92 Å². The molecule has 1 aliphatic rings. The number of likely N-dealkylation sites (tertiary alicyclic amines) is 1. The number of nitrogens with zero attached hydrogens (tertiary/aromatic N) is 2. The van der Waals surface area contributed by atoms with Crippen molar-refractivity contribution in [1.29, 1.82) is 0 Å². The largest absolute Gasteiger partial charge is 0.481 e. The molecular weight excluding hydrogens is 371 g/mol. The van der Waals surface area contributed by atoms with E-state index in [0.717, 1.165) is 5.56 Å². The summed E-state index contributed by atoms with van der Waals surface area (Å²) in [5, 5.41) is 12.4. The molecule has 2 atom stereocenters. The molecule has 2 aromatic rings. The zero-order valence-electron chi connectivity index (χ0n) is 12.7. The minimum atomic E-state index is -0.868. The average Bonchev–Trinajstić information content (AvgIpc) is 3.16. The molecule has 0 spiro atoms. The summed E-state index contributed by atoms with van der Waals surface area (Å²) in [6.45, 7) is 2.48. The van der Waals surface area contributed by atoms with Gasteiger partial charge in [-0.15, -0.1) is 11.3 Å². The summed E-state index contributed by atoms with van der Waals surface area (Å²) in [6.07, 6.45) is 0. The van der Waals surface area contributed by atoms with Crippen LogP contribution >= 0.6 is 34.5 Å². The quantitative estimate of drug-likeness (QED) is 0.870. The van der Waals surface area contributed by atoms with Crippen LogP contribution < -0.4 is 0 Å². The highest BCUT2D eigenvalue weighted by atomic mass is 35.5. The van der Waals surface area contributed by atoms with Gasteiger partial charge in [-0.05, 0) is 18.1 Å². The minimum Gasteiger partial charge on any atom is -0.481 e. The van der Waals surface area contributed by atoms with Crippen molar-refractivity contribution in [3.8, 4) is 10.6 Å². The Labute approximate surface area is 152 Å². The highest BCUT2D eigenvalue weighted by molar-refractivity contribution is 7.13. The minimum absolute atomic E-state index is 0.0698. The van der Waals surface area contributed by atoms with Gasteiger partial charge in [0.2, 0.25) is 0 Å². The number of carboxylic acid groups (broad SMARTS) is 1. The second-order valence-corrected chi connectivity index (χ2v) is 7.47. The summed E-state index contributed by atoms with van der Waals surface area (Å²) in [4.78, 5) is 29.7. The molecule has 1 saturated heterocycles. The van der Waals surface area contributed by atoms with Crippen LogP contribution in [0.2, 0.25) is 10.0 Å². The third kappa shape index (κ3) is 3.27. The predicted molar refractivity (Wildman–Crippen MR) is 93.8 cm³/mol. The zero-order chi connectivity index (χ0) is 17.4. The number of carboxylic acids is 1. The van der Waals surface area contributed by atoms with Crippen molar-refractivity contribution in [2.24, 2.45) is 11.8 Å². The third-order valence-corrected chi connectivity index (χ3v) is 5.74. The standard InChI is InChI=1S/C16H14Cl2N2O3S/c1-8-5-20(6-10(8)16(22)23)15(21)13-7-24-14(19-13)9-2-3-11(17)12(18)4-9/h2-4,7-8,10H,5-6H2,1H3,(H,22,23)/t8-,10-/m1/s1. The van der Waals surface area contributed by atoms with Crippen molar-refractivity contribution < 1.29 is 14.7 Å². The molecule has 0 radical (unpaired) electrons. The summed E-state index contributed by atoms with van der Waals surface area (Å²) in [5.74, 6) is -1.71. The smallest absolute Gasteiger partial charge is 0.308 e. The highest BCUT2D eigenvalue weighted by Crippen LogP contribution is 2.31. The molecular formula is C16H14Cl2N2O3S. The van der Waals surface area contributed by atoms with E-state index in [1.54, 1.807) is 28.5 Å². The van der Waals surface area contributed by atoms with E-state index in [0.29, 0.717) is 27.3 Å². The molecule has 8 heteroatoms. The second-order valence-electron chi connectivity index (χ2n) is 5.80. The second kappa shape index (κ2) is 6.70. The number of benzene rings is 1. The van der Waals surface area contributed by atoms with E-state index in [9.17, 15) is 14.7 Å². The van der Waals surface area contributed by atoms with Gasteiger partial charge in [0.25, 0.3) is 5.91 Å². The first-order valence-electron chi connectivity index (χ1n) is 7.30. The molecule has 1 aliphatic heterocycles. The number of hydrogen-bond acceptors (Lipinski definition) is 4. The summed E-state index contributed by atoms with van der Waals surface area (Å²) < 4.78 is 0. The van der Waals surface area contributed by atoms with Crippen LogP contribution in [0.1, 0.15) is 17.4 Å². The van der Waals surface area contributed by atoms with Gasteiger partial charge in [-0.1, -0.05) is 36.2 Å². The zero-order valence-corrected chi connectivity index (χ0v) is 15.0. The average molecular weight is 385 g/mol. The van der Waals surface area contributed by atoms with E-state index in [1.165, 1.54) is 11.3 Å². The first-order chi connectivity index (χ1) is 11.4. The van der Waals surface area contributed by atoms with E-state index >= 15 is 0 Å². The van der Waals surface area contributed by atoms with Gasteiger partial charge in [0, 0.05) is 24.0 Å². The van der Waals surface area contributed by atoms with Crippen molar-refractivity contribution in [1.82, 2.24) is 9.88 Å². The van der Waals surface area contributed by atoms with Crippen LogP contribution in [0, 0.1) is 11.8 Å². The lowest BCUT2D eigenvalue weighted by molar-refractivity contribution is -0.142.